The molecule has 0 bridgehead atoms. The van der Waals surface area contributed by atoms with Crippen molar-refractivity contribution in [2.24, 2.45) is 29.6 Å². The van der Waals surface area contributed by atoms with Gasteiger partial charge in [-0.25, -0.2) is 4.79 Å². The summed E-state index contributed by atoms with van der Waals surface area (Å²) in [4.78, 5) is 142. The molecule has 468 valence electrons. The Morgan fingerprint density at radius 1 is 0.600 bits per heavy atom. The molecule has 4 N–H and O–H groups in total. The highest BCUT2D eigenvalue weighted by atomic mass is 16.6. The Labute approximate surface area is 503 Å². The lowest BCUT2D eigenvalue weighted by atomic mass is 9.93. The molecule has 20 heteroatoms. The van der Waals surface area contributed by atoms with Crippen LogP contribution in [0.1, 0.15) is 132 Å². The van der Waals surface area contributed by atoms with Crippen molar-refractivity contribution < 1.29 is 57.4 Å². The molecule has 2 aliphatic rings. The van der Waals surface area contributed by atoms with Crippen LogP contribution in [0.2, 0.25) is 0 Å². The van der Waals surface area contributed by atoms with Gasteiger partial charge in [-0.2, -0.15) is 0 Å². The molecule has 0 saturated carbocycles. The highest BCUT2D eigenvalue weighted by Crippen LogP contribution is 2.29. The van der Waals surface area contributed by atoms with Gasteiger partial charge in [0.25, 0.3) is 5.91 Å². The van der Waals surface area contributed by atoms with Crippen LogP contribution in [0.5, 0.6) is 0 Å². The highest BCUT2D eigenvalue weighted by molar-refractivity contribution is 5.99. The summed E-state index contributed by atoms with van der Waals surface area (Å²) in [6.07, 6.45) is -0.0675. The van der Waals surface area contributed by atoms with Crippen molar-refractivity contribution in [1.29, 1.82) is 0 Å². The number of hydrogen-bond donors (Lipinski definition) is 4. The Morgan fingerprint density at radius 3 is 1.66 bits per heavy atom. The molecule has 2 unspecified atom stereocenters. The fourth-order valence-electron chi connectivity index (χ4n) is 11.7. The Hall–Kier alpha value is -7.09. The smallest absolute Gasteiger partial charge is 0.332 e. The first-order chi connectivity index (χ1) is 39.8. The van der Waals surface area contributed by atoms with E-state index in [9.17, 15) is 29.1 Å². The average molecular weight is 1180 g/mol. The topological polar surface area (TPSA) is 249 Å². The molecule has 0 aliphatic carbocycles. The van der Waals surface area contributed by atoms with E-state index in [0.29, 0.717) is 36.1 Å². The molecule has 85 heavy (non-hydrogen) atoms. The molecule has 0 radical (unpaired) electrons. The first kappa shape index (κ1) is 68.7. The zero-order valence-corrected chi connectivity index (χ0v) is 53.3. The van der Waals surface area contributed by atoms with Crippen molar-refractivity contribution >= 4 is 53.2 Å². The number of fused-ring (bicyclic) bond motifs is 1. The minimum absolute atomic E-state index is 0.0118. The summed E-state index contributed by atoms with van der Waals surface area (Å²) >= 11 is 0. The number of aryl methyl sites for hydroxylation is 1. The third-order valence-corrected chi connectivity index (χ3v) is 16.9. The predicted molar refractivity (Wildman–Crippen MR) is 324 cm³/mol. The highest BCUT2D eigenvalue weighted by Gasteiger charge is 2.48. The van der Waals surface area contributed by atoms with Crippen molar-refractivity contribution in [3.8, 4) is 11.3 Å². The number of cyclic esters (lactones) is 1. The van der Waals surface area contributed by atoms with Gasteiger partial charge in [0.2, 0.25) is 41.4 Å². The Morgan fingerprint density at radius 2 is 1.14 bits per heavy atom. The van der Waals surface area contributed by atoms with Crippen molar-refractivity contribution in [2.45, 2.75) is 195 Å². The number of nitrogens with zero attached hydrogens (tertiary/aromatic N) is 5. The van der Waals surface area contributed by atoms with Gasteiger partial charge in [0, 0.05) is 59.1 Å². The fourth-order valence-corrected chi connectivity index (χ4v) is 11.7. The van der Waals surface area contributed by atoms with E-state index < -0.39 is 137 Å². The van der Waals surface area contributed by atoms with E-state index in [-0.39, 0.29) is 38.1 Å². The summed E-state index contributed by atoms with van der Waals surface area (Å²) in [5.41, 5.74) is 0.160. The van der Waals surface area contributed by atoms with Gasteiger partial charge < -0.3 is 54.7 Å². The molecule has 3 aromatic rings. The van der Waals surface area contributed by atoms with Crippen molar-refractivity contribution in [2.75, 3.05) is 34.7 Å². The molecule has 2 aromatic carbocycles. The normalized spacial score (nSPS) is 25.5. The van der Waals surface area contributed by atoms with Crippen LogP contribution in [-0.4, -0.2) is 178 Å². The number of carbonyl (C=O) groups is 9. The number of carbonyl (C=O) groups excluding carboxylic acids is 9. The molecule has 2 saturated heterocycles. The molecule has 0 spiro atoms. The maximum absolute atomic E-state index is 15.6. The van der Waals surface area contributed by atoms with Crippen LogP contribution >= 0.6 is 0 Å². The second kappa shape index (κ2) is 29.8. The monoisotopic (exact) mass is 1180 g/mol. The number of aliphatic hydroxyl groups is 1. The second-order valence-electron chi connectivity index (χ2n) is 25.3. The van der Waals surface area contributed by atoms with E-state index in [4.69, 9.17) is 9.15 Å². The third kappa shape index (κ3) is 16.9. The number of rotatable bonds is 14. The van der Waals surface area contributed by atoms with Crippen LogP contribution in [0, 0.1) is 36.5 Å². The van der Waals surface area contributed by atoms with Gasteiger partial charge in [0.1, 0.15) is 53.8 Å². The molecule has 1 aromatic heterocycles. The molecule has 11 atom stereocenters. The lowest BCUT2D eigenvalue weighted by Crippen LogP contribution is -2.63. The van der Waals surface area contributed by atoms with Crippen molar-refractivity contribution in [3.05, 3.63) is 83.6 Å². The van der Waals surface area contributed by atoms with Gasteiger partial charge in [0.05, 0.1) is 5.60 Å². The van der Waals surface area contributed by atoms with Crippen molar-refractivity contribution in [1.82, 2.24) is 40.4 Å². The minimum atomic E-state index is -1.98. The van der Waals surface area contributed by atoms with Crippen LogP contribution < -0.4 is 16.0 Å². The second-order valence-corrected chi connectivity index (χ2v) is 25.3. The largest absolute Gasteiger partial charge is 0.461 e. The predicted octanol–water partition coefficient (Wildman–Crippen LogP) is 5.94. The quantitative estimate of drug-likeness (QED) is 0.137. The number of benzene rings is 2. The average Bonchev–Trinajstić information content (AvgIpc) is 2.96. The van der Waals surface area contributed by atoms with E-state index in [2.05, 4.69) is 16.0 Å². The maximum atomic E-state index is 15.6. The minimum Gasteiger partial charge on any atom is -0.461 e. The van der Waals surface area contributed by atoms with E-state index in [1.807, 2.05) is 70.2 Å². The molecular weight excluding hydrogens is 1080 g/mol. The van der Waals surface area contributed by atoms with Crippen LogP contribution in [0.3, 0.4) is 0 Å². The lowest BCUT2D eigenvalue weighted by molar-refractivity contribution is -0.177. The van der Waals surface area contributed by atoms with Crippen LogP contribution in [0.15, 0.2) is 71.1 Å². The first-order valence-electron chi connectivity index (χ1n) is 30.2. The van der Waals surface area contributed by atoms with Crippen LogP contribution in [0.4, 0.5) is 0 Å². The molecular formula is C65H96N8O12. The standard InChI is InChI=1S/C65H96N8O12/c1-18-40(9)51-62(80)70(15)52(38(5)6)57(75)66-46(34-37(3)4)60(78)72(17)55(65(12,13)83)64(82)85-54(41(10)19-2)63(81)71(16)53(39(7)8)58(76)67-47(35-43-24-21-20-22-25-43)59(77)69(14)49(61(79)73-33-23-26-48(73)56(74)68-51)36-44-28-30-45(31-29-44)50-32-27-42(11)84-50/h20-22,24-25,27-32,37-41,46-49,51-55,83H,18-19,23,26,33-36H2,1-17H3,(H,66,75)(H,67,76)(H,68,74)/t40?,41?,46-,47-,48-,49-,51-,52-,53-,54+,55+/m0/s1. The molecule has 5 rings (SSSR count). The molecule has 2 aliphatic heterocycles. The molecule has 3 heterocycles. The zero-order chi connectivity index (χ0) is 63.5. The van der Waals surface area contributed by atoms with Crippen LogP contribution in [-0.2, 0) is 60.7 Å². The summed E-state index contributed by atoms with van der Waals surface area (Å²) in [5, 5.41) is 20.6. The summed E-state index contributed by atoms with van der Waals surface area (Å²) in [6, 6.07) is 9.87. The zero-order valence-electron chi connectivity index (χ0n) is 53.3. The summed E-state index contributed by atoms with van der Waals surface area (Å²) in [6.45, 7) is 22.4. The van der Waals surface area contributed by atoms with Crippen LogP contribution in [0.25, 0.3) is 11.3 Å². The molecule has 8 amide bonds. The fraction of sp³-hybridized carbons (Fsp3) is 0.615. The number of hydrogen-bond acceptors (Lipinski definition) is 12. The number of furan rings is 1. The number of likely N-dealkylation sites (N-methyl/N-ethyl adjacent to an activating group) is 4. The summed E-state index contributed by atoms with van der Waals surface area (Å²) < 4.78 is 12.0. The van der Waals surface area contributed by atoms with E-state index in [0.717, 1.165) is 16.2 Å². The summed E-state index contributed by atoms with van der Waals surface area (Å²) in [5.74, 6) is -7.46. The van der Waals surface area contributed by atoms with Gasteiger partial charge in [-0.05, 0) is 93.4 Å². The molecule has 2 fully saturated rings. The lowest BCUT2D eigenvalue weighted by Gasteiger charge is -2.39. The Kier molecular flexibility index (Phi) is 24.1. The van der Waals surface area contributed by atoms with E-state index >= 15 is 19.2 Å². The van der Waals surface area contributed by atoms with Gasteiger partial charge in [0.15, 0.2) is 12.1 Å². The third-order valence-electron chi connectivity index (χ3n) is 16.9. The first-order valence-corrected chi connectivity index (χ1v) is 30.2. The SMILES string of the molecule is CCC(C)[C@@H]1NC(=O)[C@@H]2CCCN2C(=O)[C@H](Cc2ccc(-c3ccc(C)o3)cc2)N(C)C(=O)[C@H](Cc2ccccc2)NC(=O)[C@H](C(C)C)N(C)C(=O)[C@@H](C(C)CC)OC(=O)[C@H](C(C)(C)O)N(C)C(=O)[C@H](CC(C)C)NC(=O)[C@H](C(C)C)N(C)C1=O. The number of ether oxygens (including phenoxy) is 1. The number of nitrogens with one attached hydrogen (secondary N) is 3. The maximum Gasteiger partial charge on any atom is 0.332 e. The van der Waals surface area contributed by atoms with E-state index in [1.165, 1.54) is 61.6 Å². The van der Waals surface area contributed by atoms with Crippen molar-refractivity contribution in [3.63, 3.8) is 0 Å². The van der Waals surface area contributed by atoms with Gasteiger partial charge in [-0.3, -0.25) is 38.4 Å². The van der Waals surface area contributed by atoms with Gasteiger partial charge in [-0.15, -0.1) is 0 Å². The number of esters is 1. The number of amides is 8. The van der Waals surface area contributed by atoms with Gasteiger partial charge in [-0.1, -0.05) is 130 Å². The van der Waals surface area contributed by atoms with Gasteiger partial charge >= 0.3 is 5.97 Å². The van der Waals surface area contributed by atoms with E-state index in [1.54, 1.807) is 72.7 Å². The Balaban J connectivity index is 1.71. The summed E-state index contributed by atoms with van der Waals surface area (Å²) in [7, 11) is 5.66. The molecule has 20 nitrogen and oxygen atoms in total. The Bertz CT molecular complexity index is 2810.